The Balaban J connectivity index is 2.28. The van der Waals surface area contributed by atoms with Gasteiger partial charge >= 0.3 is 6.09 Å². The third kappa shape index (κ3) is 2.15. The fourth-order valence-electron chi connectivity index (χ4n) is 1.58. The topological polar surface area (TPSA) is 29.5 Å². The molecule has 1 saturated heterocycles. The number of hydrogen-bond acceptors (Lipinski definition) is 2. The Morgan fingerprint density at radius 1 is 1.47 bits per heavy atom. The van der Waals surface area contributed by atoms with Crippen LogP contribution < -0.4 is 4.90 Å². The number of hydrogen-bond donors (Lipinski definition) is 0. The zero-order valence-corrected chi connectivity index (χ0v) is 10.1. The van der Waals surface area contributed by atoms with E-state index in [0.29, 0.717) is 6.61 Å². The van der Waals surface area contributed by atoms with Crippen molar-refractivity contribution >= 4 is 27.7 Å². The molecule has 0 N–H and O–H groups in total. The summed E-state index contributed by atoms with van der Waals surface area (Å²) in [6.07, 6.45) is 0.642. The Morgan fingerprint density at radius 2 is 2.27 bits per heavy atom. The summed E-state index contributed by atoms with van der Waals surface area (Å²) in [6.45, 7) is 3.27. The van der Waals surface area contributed by atoms with E-state index in [-0.39, 0.29) is 6.09 Å². The fraction of sp³-hybridized carbons (Fsp3) is 0.364. The molecule has 0 bridgehead atoms. The van der Waals surface area contributed by atoms with Gasteiger partial charge in [0.2, 0.25) is 0 Å². The van der Waals surface area contributed by atoms with E-state index in [1.807, 2.05) is 25.1 Å². The highest BCUT2D eigenvalue weighted by Gasteiger charge is 2.21. The molecule has 1 aromatic carbocycles. The molecular formula is C11H12BrNO2. The zero-order valence-electron chi connectivity index (χ0n) is 8.50. The van der Waals surface area contributed by atoms with Crippen LogP contribution >= 0.6 is 15.9 Å². The highest BCUT2D eigenvalue weighted by Crippen LogP contribution is 2.24. The number of benzene rings is 1. The van der Waals surface area contributed by atoms with Crippen LogP contribution in [0.5, 0.6) is 0 Å². The lowest BCUT2D eigenvalue weighted by atomic mass is 10.2. The molecular weight excluding hydrogens is 258 g/mol. The number of anilines is 1. The van der Waals surface area contributed by atoms with E-state index in [1.165, 1.54) is 0 Å². The van der Waals surface area contributed by atoms with Gasteiger partial charge in [-0.05, 0) is 37.1 Å². The maximum Gasteiger partial charge on any atom is 0.414 e. The number of cyclic esters (lactones) is 1. The first-order valence-electron chi connectivity index (χ1n) is 4.89. The highest BCUT2D eigenvalue weighted by molar-refractivity contribution is 9.10. The van der Waals surface area contributed by atoms with Gasteiger partial charge in [-0.1, -0.05) is 15.9 Å². The lowest BCUT2D eigenvalue weighted by Crippen LogP contribution is -2.37. The summed E-state index contributed by atoms with van der Waals surface area (Å²) in [5.41, 5.74) is 2.02. The number of carbonyl (C=O) groups excluding carboxylic acids is 1. The van der Waals surface area contributed by atoms with Crippen molar-refractivity contribution in [3.8, 4) is 0 Å². The molecule has 1 amide bonds. The van der Waals surface area contributed by atoms with Crippen LogP contribution in [0, 0.1) is 6.92 Å². The maximum absolute atomic E-state index is 11.5. The second kappa shape index (κ2) is 4.23. The molecule has 0 spiro atoms. The van der Waals surface area contributed by atoms with Gasteiger partial charge in [-0.15, -0.1) is 0 Å². The second-order valence-corrected chi connectivity index (χ2v) is 4.41. The fourth-order valence-corrected chi connectivity index (χ4v) is 1.83. The van der Waals surface area contributed by atoms with E-state index >= 15 is 0 Å². The minimum absolute atomic E-state index is 0.247. The molecule has 1 aliphatic heterocycles. The van der Waals surface area contributed by atoms with Crippen LogP contribution in [0.3, 0.4) is 0 Å². The van der Waals surface area contributed by atoms with Gasteiger partial charge in [-0.3, -0.25) is 4.90 Å². The van der Waals surface area contributed by atoms with E-state index < -0.39 is 0 Å². The minimum Gasteiger partial charge on any atom is -0.449 e. The lowest BCUT2D eigenvalue weighted by Gasteiger charge is -2.26. The molecule has 2 rings (SSSR count). The summed E-state index contributed by atoms with van der Waals surface area (Å²) in [5, 5.41) is 0. The number of carbonyl (C=O) groups is 1. The molecule has 1 aromatic rings. The Kier molecular flexibility index (Phi) is 2.95. The van der Waals surface area contributed by atoms with Crippen LogP contribution in [-0.4, -0.2) is 19.2 Å². The van der Waals surface area contributed by atoms with Gasteiger partial charge in [0.15, 0.2) is 0 Å². The quantitative estimate of drug-likeness (QED) is 0.784. The first-order chi connectivity index (χ1) is 7.18. The summed E-state index contributed by atoms with van der Waals surface area (Å²) < 4.78 is 6.04. The molecule has 1 fully saturated rings. The van der Waals surface area contributed by atoms with Crippen molar-refractivity contribution in [2.24, 2.45) is 0 Å². The SMILES string of the molecule is Cc1cc(N2CCCOC2=O)ccc1Br. The Hall–Kier alpha value is -1.03. The molecule has 1 aliphatic rings. The molecule has 0 radical (unpaired) electrons. The van der Waals surface area contributed by atoms with Crippen molar-refractivity contribution in [2.75, 3.05) is 18.1 Å². The maximum atomic E-state index is 11.5. The van der Waals surface area contributed by atoms with Gasteiger partial charge < -0.3 is 4.74 Å². The Morgan fingerprint density at radius 3 is 2.93 bits per heavy atom. The van der Waals surface area contributed by atoms with E-state index in [1.54, 1.807) is 4.90 Å². The third-order valence-electron chi connectivity index (χ3n) is 2.43. The molecule has 15 heavy (non-hydrogen) atoms. The normalized spacial score (nSPS) is 16.4. The van der Waals surface area contributed by atoms with Crippen LogP contribution in [0.15, 0.2) is 22.7 Å². The van der Waals surface area contributed by atoms with E-state index in [9.17, 15) is 4.79 Å². The van der Waals surface area contributed by atoms with Crippen molar-refractivity contribution in [1.29, 1.82) is 0 Å². The molecule has 0 saturated carbocycles. The number of nitrogens with zero attached hydrogens (tertiary/aromatic N) is 1. The average molecular weight is 270 g/mol. The summed E-state index contributed by atoms with van der Waals surface area (Å²) in [7, 11) is 0. The van der Waals surface area contributed by atoms with Gasteiger partial charge in [-0.2, -0.15) is 0 Å². The van der Waals surface area contributed by atoms with Crippen LogP contribution in [0.1, 0.15) is 12.0 Å². The van der Waals surface area contributed by atoms with E-state index in [4.69, 9.17) is 4.74 Å². The van der Waals surface area contributed by atoms with Crippen LogP contribution in [-0.2, 0) is 4.74 Å². The summed E-state index contributed by atoms with van der Waals surface area (Å²) in [4.78, 5) is 13.2. The predicted molar refractivity (Wildman–Crippen MR) is 62.2 cm³/mol. The monoisotopic (exact) mass is 269 g/mol. The predicted octanol–water partition coefficient (Wildman–Crippen LogP) is 3.10. The van der Waals surface area contributed by atoms with E-state index in [2.05, 4.69) is 15.9 Å². The van der Waals surface area contributed by atoms with Crippen molar-refractivity contribution < 1.29 is 9.53 Å². The number of ether oxygens (including phenoxy) is 1. The average Bonchev–Trinajstić information content (AvgIpc) is 2.23. The molecule has 0 aliphatic carbocycles. The van der Waals surface area contributed by atoms with Crippen LogP contribution in [0.25, 0.3) is 0 Å². The zero-order chi connectivity index (χ0) is 10.8. The van der Waals surface area contributed by atoms with Crippen molar-refractivity contribution in [2.45, 2.75) is 13.3 Å². The Bertz CT molecular complexity index is 392. The van der Waals surface area contributed by atoms with Crippen molar-refractivity contribution in [1.82, 2.24) is 0 Å². The molecule has 80 valence electrons. The smallest absolute Gasteiger partial charge is 0.414 e. The van der Waals surface area contributed by atoms with Gasteiger partial charge in [-0.25, -0.2) is 4.79 Å². The summed E-state index contributed by atoms with van der Waals surface area (Å²) >= 11 is 3.43. The lowest BCUT2D eigenvalue weighted by molar-refractivity contribution is 0.140. The Labute approximate surface area is 97.2 Å². The number of rotatable bonds is 1. The molecule has 0 atom stereocenters. The molecule has 0 aromatic heterocycles. The van der Waals surface area contributed by atoms with Crippen molar-refractivity contribution in [3.63, 3.8) is 0 Å². The van der Waals surface area contributed by atoms with Gasteiger partial charge in [0, 0.05) is 16.7 Å². The first kappa shape index (κ1) is 10.5. The molecule has 3 nitrogen and oxygen atoms in total. The van der Waals surface area contributed by atoms with Crippen molar-refractivity contribution in [3.05, 3.63) is 28.2 Å². The highest BCUT2D eigenvalue weighted by atomic mass is 79.9. The van der Waals surface area contributed by atoms with Gasteiger partial charge in [0.25, 0.3) is 0 Å². The first-order valence-corrected chi connectivity index (χ1v) is 5.68. The number of amides is 1. The summed E-state index contributed by atoms with van der Waals surface area (Å²) in [5.74, 6) is 0. The van der Waals surface area contributed by atoms with Crippen LogP contribution in [0.4, 0.5) is 10.5 Å². The number of halogens is 1. The summed E-state index contributed by atoms with van der Waals surface area (Å²) in [6, 6.07) is 5.85. The third-order valence-corrected chi connectivity index (χ3v) is 3.31. The standard InChI is InChI=1S/C11H12BrNO2/c1-8-7-9(3-4-10(8)12)13-5-2-6-15-11(13)14/h3-4,7H,2,5-6H2,1H3. The molecule has 1 heterocycles. The number of aryl methyl sites for hydroxylation is 1. The van der Waals surface area contributed by atoms with Gasteiger partial charge in [0.1, 0.15) is 0 Å². The minimum atomic E-state index is -0.247. The van der Waals surface area contributed by atoms with Crippen LogP contribution in [0.2, 0.25) is 0 Å². The second-order valence-electron chi connectivity index (χ2n) is 3.55. The van der Waals surface area contributed by atoms with E-state index in [0.717, 1.165) is 28.7 Å². The van der Waals surface area contributed by atoms with Gasteiger partial charge in [0.05, 0.1) is 6.61 Å². The molecule has 4 heteroatoms. The largest absolute Gasteiger partial charge is 0.449 e. The molecule has 0 unspecified atom stereocenters.